The van der Waals surface area contributed by atoms with E-state index < -0.39 is 0 Å². The number of carbonyl (C=O) groups excluding carboxylic acids is 2. The summed E-state index contributed by atoms with van der Waals surface area (Å²) in [6.07, 6.45) is 0. The molecular weight excluding hydrogens is 426 g/mol. The zero-order chi connectivity index (χ0) is 19.7. The number of aromatic hydroxyl groups is 1. The minimum absolute atomic E-state index is 0.00654. The van der Waals surface area contributed by atoms with Gasteiger partial charge in [0.15, 0.2) is 6.61 Å². The number of phenols is 1. The first-order chi connectivity index (χ1) is 13.5. The Morgan fingerprint density at radius 3 is 2.57 bits per heavy atom. The Kier molecular flexibility index (Phi) is 5.13. The van der Waals surface area contributed by atoms with Crippen molar-refractivity contribution in [2.45, 2.75) is 0 Å². The Bertz CT molecular complexity index is 912. The second-order valence-electron chi connectivity index (χ2n) is 6.74. The summed E-state index contributed by atoms with van der Waals surface area (Å²) in [5.74, 6) is 0.507. The molecule has 0 radical (unpaired) electrons. The second-order valence-corrected chi connectivity index (χ2v) is 7.65. The number of ether oxygens (including phenoxy) is 1. The first-order valence-corrected chi connectivity index (χ1v) is 9.85. The van der Waals surface area contributed by atoms with Gasteiger partial charge in [0.25, 0.3) is 5.91 Å². The van der Waals surface area contributed by atoms with Crippen LogP contribution < -0.4 is 14.5 Å². The summed E-state index contributed by atoms with van der Waals surface area (Å²) in [5.41, 5.74) is 1.39. The highest BCUT2D eigenvalue weighted by Gasteiger charge is 2.30. The largest absolute Gasteiger partial charge is 0.506 e. The van der Waals surface area contributed by atoms with E-state index in [2.05, 4.69) is 20.8 Å². The molecule has 0 spiro atoms. The monoisotopic (exact) mass is 445 g/mol. The Labute approximate surface area is 171 Å². The number of anilines is 2. The third-order valence-electron chi connectivity index (χ3n) is 5.01. The van der Waals surface area contributed by atoms with Gasteiger partial charge in [-0.05, 0) is 30.3 Å². The number of hydrogen-bond acceptors (Lipinski definition) is 5. The number of amides is 2. The van der Waals surface area contributed by atoms with Gasteiger partial charge in [0.2, 0.25) is 5.91 Å². The molecule has 1 fully saturated rings. The molecule has 2 amide bonds. The third-order valence-corrected chi connectivity index (χ3v) is 5.51. The van der Waals surface area contributed by atoms with Crippen LogP contribution in [0.4, 0.5) is 11.4 Å². The van der Waals surface area contributed by atoms with Crippen molar-refractivity contribution in [3.8, 4) is 11.5 Å². The van der Waals surface area contributed by atoms with Crippen LogP contribution in [0.3, 0.4) is 0 Å². The molecule has 0 aromatic heterocycles. The first kappa shape index (κ1) is 18.6. The molecule has 8 heteroatoms. The lowest BCUT2D eigenvalue weighted by Crippen LogP contribution is -2.53. The number of para-hydroxylation sites is 2. The van der Waals surface area contributed by atoms with Crippen molar-refractivity contribution in [1.29, 1.82) is 0 Å². The fraction of sp³-hybridized carbons (Fsp3) is 0.300. The van der Waals surface area contributed by atoms with Crippen LogP contribution >= 0.6 is 15.9 Å². The molecule has 4 rings (SSSR count). The van der Waals surface area contributed by atoms with Crippen molar-refractivity contribution in [3.05, 3.63) is 46.9 Å². The molecule has 0 aliphatic carbocycles. The van der Waals surface area contributed by atoms with Crippen LogP contribution in [0.15, 0.2) is 46.9 Å². The van der Waals surface area contributed by atoms with Gasteiger partial charge in [-0.3, -0.25) is 14.5 Å². The standard InChI is InChI=1S/C20H20BrN3O4/c21-14-5-6-16-18(11-14)28-13-20(27)24(16)12-19(26)23-9-7-22(8-10-23)15-3-1-2-4-17(15)25/h1-6,11,25H,7-10,12-13H2. The lowest BCUT2D eigenvalue weighted by atomic mass is 10.2. The second kappa shape index (κ2) is 7.71. The lowest BCUT2D eigenvalue weighted by molar-refractivity contribution is -0.132. The normalized spacial score (nSPS) is 16.6. The zero-order valence-electron chi connectivity index (χ0n) is 15.2. The molecule has 28 heavy (non-hydrogen) atoms. The van der Waals surface area contributed by atoms with Gasteiger partial charge in [0.1, 0.15) is 18.0 Å². The third kappa shape index (κ3) is 3.64. The smallest absolute Gasteiger partial charge is 0.265 e. The number of piperazine rings is 1. The molecule has 146 valence electrons. The van der Waals surface area contributed by atoms with E-state index in [1.54, 1.807) is 29.2 Å². The van der Waals surface area contributed by atoms with Crippen molar-refractivity contribution in [3.63, 3.8) is 0 Å². The first-order valence-electron chi connectivity index (χ1n) is 9.06. The zero-order valence-corrected chi connectivity index (χ0v) is 16.8. The van der Waals surface area contributed by atoms with E-state index in [9.17, 15) is 14.7 Å². The van der Waals surface area contributed by atoms with Crippen LogP contribution in [-0.4, -0.2) is 61.2 Å². The summed E-state index contributed by atoms with van der Waals surface area (Å²) in [5, 5.41) is 10.0. The van der Waals surface area contributed by atoms with E-state index >= 15 is 0 Å². The van der Waals surface area contributed by atoms with Crippen molar-refractivity contribution in [2.75, 3.05) is 49.1 Å². The van der Waals surface area contributed by atoms with Crippen LogP contribution in [0.2, 0.25) is 0 Å². The average molecular weight is 446 g/mol. The maximum Gasteiger partial charge on any atom is 0.265 e. The minimum Gasteiger partial charge on any atom is -0.506 e. The average Bonchev–Trinajstić information content (AvgIpc) is 2.70. The van der Waals surface area contributed by atoms with Gasteiger partial charge >= 0.3 is 0 Å². The van der Waals surface area contributed by atoms with Gasteiger partial charge in [0, 0.05) is 30.7 Å². The van der Waals surface area contributed by atoms with Crippen molar-refractivity contribution in [2.24, 2.45) is 0 Å². The van der Waals surface area contributed by atoms with E-state index in [0.717, 1.165) is 10.2 Å². The number of fused-ring (bicyclic) bond motifs is 1. The van der Waals surface area contributed by atoms with E-state index in [0.29, 0.717) is 37.6 Å². The molecule has 2 heterocycles. The summed E-state index contributed by atoms with van der Waals surface area (Å²) in [4.78, 5) is 30.4. The summed E-state index contributed by atoms with van der Waals surface area (Å²) >= 11 is 3.39. The van der Waals surface area contributed by atoms with Crippen molar-refractivity contribution in [1.82, 2.24) is 4.90 Å². The van der Waals surface area contributed by atoms with Crippen LogP contribution in [0, 0.1) is 0 Å². The predicted octanol–water partition coefficient (Wildman–Crippen LogP) is 2.23. The number of halogens is 1. The van der Waals surface area contributed by atoms with Gasteiger partial charge in [-0.2, -0.15) is 0 Å². The van der Waals surface area contributed by atoms with Gasteiger partial charge in [0.05, 0.1) is 11.4 Å². The Morgan fingerprint density at radius 1 is 1.07 bits per heavy atom. The highest BCUT2D eigenvalue weighted by atomic mass is 79.9. The minimum atomic E-state index is -0.226. The SMILES string of the molecule is O=C(CN1C(=O)COc2cc(Br)ccc21)N1CCN(c2ccccc2O)CC1. The van der Waals surface area contributed by atoms with E-state index in [1.807, 2.05) is 18.2 Å². The van der Waals surface area contributed by atoms with Crippen molar-refractivity contribution < 1.29 is 19.4 Å². The molecule has 0 atom stereocenters. The molecule has 0 saturated carbocycles. The topological polar surface area (TPSA) is 73.3 Å². The summed E-state index contributed by atoms with van der Waals surface area (Å²) < 4.78 is 6.33. The number of benzene rings is 2. The van der Waals surface area contributed by atoms with Gasteiger partial charge < -0.3 is 19.6 Å². The fourth-order valence-electron chi connectivity index (χ4n) is 3.52. The molecule has 2 aromatic carbocycles. The molecule has 2 aliphatic rings. The highest BCUT2D eigenvalue weighted by Crippen LogP contribution is 2.34. The predicted molar refractivity (Wildman–Crippen MR) is 109 cm³/mol. The summed E-state index contributed by atoms with van der Waals surface area (Å²) in [6.45, 7) is 2.26. The van der Waals surface area contributed by atoms with Crippen LogP contribution in [0.1, 0.15) is 0 Å². The Hall–Kier alpha value is -2.74. The molecule has 0 unspecified atom stereocenters. The van der Waals surface area contributed by atoms with E-state index in [4.69, 9.17) is 4.74 Å². The summed E-state index contributed by atoms with van der Waals surface area (Å²) in [7, 11) is 0. The number of phenolic OH excluding ortho intramolecular Hbond substituents is 1. The highest BCUT2D eigenvalue weighted by molar-refractivity contribution is 9.10. The van der Waals surface area contributed by atoms with Gasteiger partial charge in [-0.1, -0.05) is 28.1 Å². The summed E-state index contributed by atoms with van der Waals surface area (Å²) in [6, 6.07) is 12.6. The number of carbonyl (C=O) groups is 2. The quantitative estimate of drug-likeness (QED) is 0.783. The van der Waals surface area contributed by atoms with Gasteiger partial charge in [-0.15, -0.1) is 0 Å². The Morgan fingerprint density at radius 2 is 1.82 bits per heavy atom. The molecule has 2 aliphatic heterocycles. The van der Waals surface area contributed by atoms with Gasteiger partial charge in [-0.25, -0.2) is 0 Å². The molecule has 0 bridgehead atoms. The fourth-order valence-corrected chi connectivity index (χ4v) is 3.86. The number of nitrogens with zero attached hydrogens (tertiary/aromatic N) is 3. The maximum absolute atomic E-state index is 12.8. The molecule has 2 aromatic rings. The molecule has 1 N–H and O–H groups in total. The number of hydrogen-bond donors (Lipinski definition) is 1. The van der Waals surface area contributed by atoms with Crippen LogP contribution in [0.5, 0.6) is 11.5 Å². The Balaban J connectivity index is 1.41. The van der Waals surface area contributed by atoms with Crippen LogP contribution in [0.25, 0.3) is 0 Å². The lowest BCUT2D eigenvalue weighted by Gasteiger charge is -2.37. The molecular formula is C20H20BrN3O4. The van der Waals surface area contributed by atoms with Crippen molar-refractivity contribution >= 4 is 39.1 Å². The maximum atomic E-state index is 12.8. The van der Waals surface area contributed by atoms with E-state index in [-0.39, 0.29) is 30.7 Å². The molecule has 1 saturated heterocycles. The van der Waals surface area contributed by atoms with E-state index in [1.165, 1.54) is 4.90 Å². The number of rotatable bonds is 3. The van der Waals surface area contributed by atoms with Crippen LogP contribution in [-0.2, 0) is 9.59 Å². The molecule has 7 nitrogen and oxygen atoms in total.